The fourth-order valence-electron chi connectivity index (χ4n) is 8.89. The van der Waals surface area contributed by atoms with Crippen LogP contribution in [0.3, 0.4) is 0 Å². The highest BCUT2D eigenvalue weighted by Crippen LogP contribution is 2.40. The third-order valence-electron chi connectivity index (χ3n) is 12.2. The Morgan fingerprint density at radius 3 is 1.68 bits per heavy atom. The van der Waals surface area contributed by atoms with Crippen LogP contribution in [0.1, 0.15) is 72.6 Å². The second kappa shape index (κ2) is 18.5. The van der Waals surface area contributed by atoms with E-state index in [-0.39, 0.29) is 23.9 Å². The number of imidazole rings is 2. The summed E-state index contributed by atoms with van der Waals surface area (Å²) in [5.74, 6) is 2.06. The van der Waals surface area contributed by atoms with Crippen molar-refractivity contribution in [2.75, 3.05) is 34.4 Å². The van der Waals surface area contributed by atoms with Crippen LogP contribution in [0.4, 0.5) is 9.59 Å². The number of fused-ring (bicyclic) bond motifs is 1. The lowest BCUT2D eigenvalue weighted by molar-refractivity contribution is -0.135. The number of rotatable bonds is 12. The van der Waals surface area contributed by atoms with Gasteiger partial charge in [0.1, 0.15) is 40.8 Å². The SMILES string of the molecule is COC(=O)NC(C(=O)N1CCC[C@H]1c1ncc(-c2ccc(-c3cc4cc(-c5cnc([C@@H]6CCCN6C(=O)[C@H](NC(=O)OC)c6ccccc6)[nH]5)ccc4o3)c(OC)c2)[nH]1)c1ccccc1. The van der Waals surface area contributed by atoms with Crippen LogP contribution in [0.15, 0.2) is 120 Å². The second-order valence-corrected chi connectivity index (χ2v) is 16.0. The van der Waals surface area contributed by atoms with E-state index in [9.17, 15) is 19.2 Å². The number of carbonyl (C=O) groups excluding carboxylic acids is 4. The molecule has 4 amide bonds. The Labute approximate surface area is 374 Å². The predicted octanol–water partition coefficient (Wildman–Crippen LogP) is 8.41. The van der Waals surface area contributed by atoms with Gasteiger partial charge in [0.2, 0.25) is 0 Å². The molecule has 2 aliphatic rings. The van der Waals surface area contributed by atoms with Crippen LogP contribution < -0.4 is 15.4 Å². The Bertz CT molecular complexity index is 2840. The average molecular weight is 877 g/mol. The van der Waals surface area contributed by atoms with Crippen LogP contribution in [0, 0.1) is 0 Å². The van der Waals surface area contributed by atoms with Gasteiger partial charge in [-0.3, -0.25) is 9.59 Å². The highest BCUT2D eigenvalue weighted by Gasteiger charge is 2.38. The molecule has 1 unspecified atom stereocenters. The number of carbonyl (C=O) groups is 4. The molecule has 7 aromatic rings. The van der Waals surface area contributed by atoms with E-state index >= 15 is 0 Å². The van der Waals surface area contributed by atoms with Gasteiger partial charge in [-0.05, 0) is 73.2 Å². The third kappa shape index (κ3) is 8.62. The van der Waals surface area contributed by atoms with Crippen LogP contribution in [-0.2, 0) is 19.1 Å². The molecule has 16 nitrogen and oxygen atoms in total. The summed E-state index contributed by atoms with van der Waals surface area (Å²) in [5, 5.41) is 6.30. The summed E-state index contributed by atoms with van der Waals surface area (Å²) in [4.78, 5) is 72.4. The molecule has 9 rings (SSSR count). The zero-order chi connectivity index (χ0) is 45.0. The first-order valence-corrected chi connectivity index (χ1v) is 21.4. The molecule has 0 saturated carbocycles. The van der Waals surface area contributed by atoms with Gasteiger partial charge in [-0.25, -0.2) is 19.6 Å². The van der Waals surface area contributed by atoms with E-state index in [1.807, 2.05) is 91.0 Å². The Morgan fingerprint density at radius 2 is 1.17 bits per heavy atom. The van der Waals surface area contributed by atoms with E-state index in [0.717, 1.165) is 52.7 Å². The minimum absolute atomic E-state index is 0.235. The topological polar surface area (TPSA) is 197 Å². The molecule has 0 aliphatic carbocycles. The first-order valence-electron chi connectivity index (χ1n) is 21.4. The van der Waals surface area contributed by atoms with Gasteiger partial charge in [0.15, 0.2) is 0 Å². The van der Waals surface area contributed by atoms with Gasteiger partial charge < -0.3 is 49.0 Å². The van der Waals surface area contributed by atoms with Crippen molar-refractivity contribution < 1.29 is 37.8 Å². The van der Waals surface area contributed by atoms with Gasteiger partial charge >= 0.3 is 12.2 Å². The number of aromatic nitrogens is 4. The number of amides is 4. The minimum Gasteiger partial charge on any atom is -0.496 e. The molecule has 4 atom stereocenters. The Balaban J connectivity index is 0.914. The van der Waals surface area contributed by atoms with Crippen LogP contribution in [0.2, 0.25) is 0 Å². The number of hydrogen-bond donors (Lipinski definition) is 4. The van der Waals surface area contributed by atoms with E-state index in [1.165, 1.54) is 14.2 Å². The molecule has 16 heteroatoms. The van der Waals surface area contributed by atoms with Gasteiger partial charge in [0.05, 0.1) is 62.8 Å². The summed E-state index contributed by atoms with van der Waals surface area (Å²) >= 11 is 0. The lowest BCUT2D eigenvalue weighted by Gasteiger charge is -2.28. The van der Waals surface area contributed by atoms with Gasteiger partial charge in [-0.2, -0.15) is 0 Å². The molecular weight excluding hydrogens is 829 g/mol. The summed E-state index contributed by atoms with van der Waals surface area (Å²) in [7, 11) is 4.16. The smallest absolute Gasteiger partial charge is 0.407 e. The Kier molecular flexibility index (Phi) is 12.0. The lowest BCUT2D eigenvalue weighted by Crippen LogP contribution is -2.42. The molecule has 5 heterocycles. The van der Waals surface area contributed by atoms with Crippen molar-refractivity contribution in [1.82, 2.24) is 40.4 Å². The zero-order valence-electron chi connectivity index (χ0n) is 36.1. The summed E-state index contributed by atoms with van der Waals surface area (Å²) in [5.41, 5.74) is 6.04. The highest BCUT2D eigenvalue weighted by molar-refractivity contribution is 5.90. The third-order valence-corrected chi connectivity index (χ3v) is 12.2. The Morgan fingerprint density at radius 1 is 0.662 bits per heavy atom. The fourth-order valence-corrected chi connectivity index (χ4v) is 8.89. The zero-order valence-corrected chi connectivity index (χ0v) is 36.1. The van der Waals surface area contributed by atoms with Crippen LogP contribution in [0.25, 0.3) is 44.8 Å². The van der Waals surface area contributed by atoms with Gasteiger partial charge in [-0.15, -0.1) is 0 Å². The molecule has 2 aliphatic heterocycles. The lowest BCUT2D eigenvalue weighted by atomic mass is 10.0. The molecule has 0 radical (unpaired) electrons. The highest BCUT2D eigenvalue weighted by atomic mass is 16.5. The quantitative estimate of drug-likeness (QED) is 0.0925. The second-order valence-electron chi connectivity index (χ2n) is 16.0. The number of methoxy groups -OCH3 is 3. The molecule has 2 fully saturated rings. The molecule has 4 aromatic carbocycles. The van der Waals surface area contributed by atoms with Crippen molar-refractivity contribution in [1.29, 1.82) is 0 Å². The van der Waals surface area contributed by atoms with Crippen molar-refractivity contribution in [3.63, 3.8) is 0 Å². The summed E-state index contributed by atoms with van der Waals surface area (Å²) in [6.45, 7) is 1.05. The maximum Gasteiger partial charge on any atom is 0.407 e. The monoisotopic (exact) mass is 876 g/mol. The molecule has 2 saturated heterocycles. The molecule has 332 valence electrons. The Hall–Kier alpha value is -7.88. The first-order chi connectivity index (χ1) is 31.7. The maximum atomic E-state index is 14.0. The minimum atomic E-state index is -0.913. The van der Waals surface area contributed by atoms with Gasteiger partial charge in [0.25, 0.3) is 11.8 Å². The summed E-state index contributed by atoms with van der Waals surface area (Å²) in [6, 6.07) is 29.5. The number of nitrogens with zero attached hydrogens (tertiary/aromatic N) is 4. The molecule has 3 aromatic heterocycles. The van der Waals surface area contributed by atoms with E-state index in [4.69, 9.17) is 28.6 Å². The van der Waals surface area contributed by atoms with Crippen LogP contribution in [0.5, 0.6) is 5.75 Å². The number of ether oxygens (including phenoxy) is 3. The van der Waals surface area contributed by atoms with Gasteiger partial charge in [0, 0.05) is 29.6 Å². The molecule has 0 bridgehead atoms. The normalized spacial score (nSPS) is 16.8. The van der Waals surface area contributed by atoms with E-state index in [0.29, 0.717) is 59.4 Å². The number of H-pyrrole nitrogens is 2. The number of hydrogen-bond acceptors (Lipinski definition) is 10. The number of alkyl carbamates (subject to hydrolysis) is 2. The average Bonchev–Trinajstić information content (AvgIpc) is 4.21. The summed E-state index contributed by atoms with van der Waals surface area (Å²) in [6.07, 6.45) is 5.16. The largest absolute Gasteiger partial charge is 0.496 e. The van der Waals surface area contributed by atoms with Crippen molar-refractivity contribution in [3.05, 3.63) is 138 Å². The number of likely N-dealkylation sites (tertiary alicyclic amines) is 2. The van der Waals surface area contributed by atoms with Crippen molar-refractivity contribution in [2.24, 2.45) is 0 Å². The van der Waals surface area contributed by atoms with E-state index in [2.05, 4.69) is 20.6 Å². The number of benzene rings is 4. The van der Waals surface area contributed by atoms with Crippen LogP contribution in [-0.4, -0.2) is 88.2 Å². The van der Waals surface area contributed by atoms with Crippen molar-refractivity contribution in [3.8, 4) is 39.6 Å². The number of furan rings is 1. The summed E-state index contributed by atoms with van der Waals surface area (Å²) < 4.78 is 21.9. The molecule has 0 spiro atoms. The maximum absolute atomic E-state index is 14.0. The number of nitrogens with one attached hydrogen (secondary N) is 4. The standard InChI is InChI=1S/C49H48N8O8/c1-62-40-25-32(36-28-51-45(53-36)38-17-11-23-57(38)47(59)43(55-49(61)64-3)30-14-8-5-9-15-30)18-20-34(40)41-26-33-24-31(19-21-39(33)65-41)35-27-50-44(52-35)37-16-10-22-56(37)46(58)42(54-48(60)63-2)29-12-6-4-7-13-29/h4-9,12-15,18-21,24-28,37-38,42-43H,10-11,16-17,22-23H2,1-3H3,(H,50,52)(H,51,53)(H,54,60)(H,55,61)/t37-,38-,42+,43?/m0/s1. The van der Waals surface area contributed by atoms with E-state index < -0.39 is 24.3 Å². The molecule has 65 heavy (non-hydrogen) atoms. The van der Waals surface area contributed by atoms with Crippen molar-refractivity contribution >= 4 is 35.0 Å². The number of aromatic amines is 2. The molecule has 4 N–H and O–H groups in total. The fraction of sp³-hybridized carbons (Fsp3) is 0.265. The van der Waals surface area contributed by atoms with Gasteiger partial charge in [-0.1, -0.05) is 66.7 Å². The predicted molar refractivity (Wildman–Crippen MR) is 240 cm³/mol. The van der Waals surface area contributed by atoms with E-state index in [1.54, 1.807) is 41.4 Å². The van der Waals surface area contributed by atoms with Crippen molar-refractivity contribution in [2.45, 2.75) is 49.9 Å². The molecular formula is C49H48N8O8. The first kappa shape index (κ1) is 42.4. The van der Waals surface area contributed by atoms with Crippen LogP contribution >= 0.6 is 0 Å².